The topological polar surface area (TPSA) is 23.5 Å². The van der Waals surface area contributed by atoms with Crippen LogP contribution in [0.3, 0.4) is 0 Å². The van der Waals surface area contributed by atoms with E-state index in [1.165, 1.54) is 13.0 Å². The van der Waals surface area contributed by atoms with Crippen LogP contribution >= 0.6 is 0 Å². The first-order valence-corrected chi connectivity index (χ1v) is 4.80. The number of aliphatic hydroxyl groups excluding tert-OH is 1. The molecule has 0 saturated carbocycles. The molecule has 1 aromatic rings. The Labute approximate surface area is 92.3 Å². The molecule has 0 aliphatic heterocycles. The second-order valence-corrected chi connectivity index (χ2v) is 3.84. The SMILES string of the molecule is CC(O)c1cc(C(F)(F)F)ccc1N(C)C. The predicted molar refractivity (Wildman–Crippen MR) is 56.4 cm³/mol. The number of hydrogen-bond donors (Lipinski definition) is 1. The fourth-order valence-electron chi connectivity index (χ4n) is 1.47. The fraction of sp³-hybridized carbons (Fsp3) is 0.455. The highest BCUT2D eigenvalue weighted by molar-refractivity contribution is 5.55. The van der Waals surface area contributed by atoms with Gasteiger partial charge in [0.15, 0.2) is 0 Å². The predicted octanol–water partition coefficient (Wildman–Crippen LogP) is 2.82. The van der Waals surface area contributed by atoms with Crippen molar-refractivity contribution in [2.45, 2.75) is 19.2 Å². The molecule has 0 fully saturated rings. The van der Waals surface area contributed by atoms with Gasteiger partial charge in [-0.2, -0.15) is 13.2 Å². The van der Waals surface area contributed by atoms with Crippen molar-refractivity contribution in [3.8, 4) is 0 Å². The van der Waals surface area contributed by atoms with E-state index in [0.29, 0.717) is 5.69 Å². The molecule has 0 aromatic heterocycles. The highest BCUT2D eigenvalue weighted by atomic mass is 19.4. The monoisotopic (exact) mass is 233 g/mol. The second kappa shape index (κ2) is 4.33. The van der Waals surface area contributed by atoms with E-state index in [0.717, 1.165) is 12.1 Å². The highest BCUT2D eigenvalue weighted by Gasteiger charge is 2.31. The van der Waals surface area contributed by atoms with Crippen molar-refractivity contribution in [1.82, 2.24) is 0 Å². The molecule has 0 saturated heterocycles. The molecular formula is C11H14F3NO. The lowest BCUT2D eigenvalue weighted by atomic mass is 10.0. The Kier molecular flexibility index (Phi) is 3.48. The summed E-state index contributed by atoms with van der Waals surface area (Å²) in [5.74, 6) is 0. The summed E-state index contributed by atoms with van der Waals surface area (Å²) in [4.78, 5) is 1.67. The normalized spacial score (nSPS) is 13.7. The van der Waals surface area contributed by atoms with Gasteiger partial charge >= 0.3 is 6.18 Å². The van der Waals surface area contributed by atoms with Crippen molar-refractivity contribution in [1.29, 1.82) is 0 Å². The van der Waals surface area contributed by atoms with Crippen LogP contribution in [-0.2, 0) is 6.18 Å². The first kappa shape index (κ1) is 12.8. The summed E-state index contributed by atoms with van der Waals surface area (Å²) in [6.07, 6.45) is -5.31. The molecular weight excluding hydrogens is 219 g/mol. The first-order valence-electron chi connectivity index (χ1n) is 4.80. The number of alkyl halides is 3. The van der Waals surface area contributed by atoms with Gasteiger partial charge in [0.25, 0.3) is 0 Å². The van der Waals surface area contributed by atoms with Crippen molar-refractivity contribution >= 4 is 5.69 Å². The number of nitrogens with zero attached hydrogens (tertiary/aromatic N) is 1. The first-order chi connectivity index (χ1) is 7.23. The summed E-state index contributed by atoms with van der Waals surface area (Å²) < 4.78 is 37.4. The molecule has 1 atom stereocenters. The molecule has 0 heterocycles. The molecule has 0 aliphatic rings. The van der Waals surface area contributed by atoms with Crippen LogP contribution in [0.25, 0.3) is 0 Å². The molecule has 0 aliphatic carbocycles. The minimum atomic E-state index is -4.38. The molecule has 0 bridgehead atoms. The van der Waals surface area contributed by atoms with Crippen LogP contribution in [0.1, 0.15) is 24.2 Å². The number of hydrogen-bond acceptors (Lipinski definition) is 2. The summed E-state index contributed by atoms with van der Waals surface area (Å²) in [5.41, 5.74) is 0.122. The van der Waals surface area contributed by atoms with E-state index in [4.69, 9.17) is 0 Å². The second-order valence-electron chi connectivity index (χ2n) is 3.84. The van der Waals surface area contributed by atoms with Gasteiger partial charge in [-0.25, -0.2) is 0 Å². The van der Waals surface area contributed by atoms with Crippen molar-refractivity contribution in [3.63, 3.8) is 0 Å². The third-order valence-corrected chi connectivity index (χ3v) is 2.29. The molecule has 1 unspecified atom stereocenters. The lowest BCUT2D eigenvalue weighted by molar-refractivity contribution is -0.137. The summed E-state index contributed by atoms with van der Waals surface area (Å²) in [7, 11) is 3.43. The quantitative estimate of drug-likeness (QED) is 0.849. The number of benzene rings is 1. The summed E-state index contributed by atoms with van der Waals surface area (Å²) in [5, 5.41) is 9.45. The maximum absolute atomic E-state index is 12.5. The minimum absolute atomic E-state index is 0.278. The molecule has 0 radical (unpaired) electrons. The Balaban J connectivity index is 3.29. The van der Waals surface area contributed by atoms with E-state index in [1.54, 1.807) is 19.0 Å². The summed E-state index contributed by atoms with van der Waals surface area (Å²) >= 11 is 0. The van der Waals surface area contributed by atoms with E-state index in [2.05, 4.69) is 0 Å². The maximum atomic E-state index is 12.5. The average Bonchev–Trinajstić information content (AvgIpc) is 2.15. The maximum Gasteiger partial charge on any atom is 0.416 e. The third-order valence-electron chi connectivity index (χ3n) is 2.29. The van der Waals surface area contributed by atoms with Gasteiger partial charge < -0.3 is 10.0 Å². The average molecular weight is 233 g/mol. The zero-order chi connectivity index (χ0) is 12.5. The Morgan fingerprint density at radius 3 is 2.19 bits per heavy atom. The van der Waals surface area contributed by atoms with Gasteiger partial charge in [0.2, 0.25) is 0 Å². The highest BCUT2D eigenvalue weighted by Crippen LogP contribution is 2.34. The van der Waals surface area contributed by atoms with Crippen molar-refractivity contribution in [3.05, 3.63) is 29.3 Å². The molecule has 1 rings (SSSR count). The van der Waals surface area contributed by atoms with E-state index >= 15 is 0 Å². The minimum Gasteiger partial charge on any atom is -0.389 e. The standard InChI is InChI=1S/C11H14F3NO/c1-7(16)9-6-8(11(12,13)14)4-5-10(9)15(2)3/h4-7,16H,1-3H3. The number of rotatable bonds is 2. The molecule has 90 valence electrons. The molecule has 0 spiro atoms. The Morgan fingerprint density at radius 1 is 1.25 bits per heavy atom. The van der Waals surface area contributed by atoms with Gasteiger partial charge in [0.05, 0.1) is 11.7 Å². The Hall–Kier alpha value is -1.23. The molecule has 2 nitrogen and oxygen atoms in total. The fourth-order valence-corrected chi connectivity index (χ4v) is 1.47. The van der Waals surface area contributed by atoms with E-state index in [9.17, 15) is 18.3 Å². The van der Waals surface area contributed by atoms with Crippen LogP contribution in [0.15, 0.2) is 18.2 Å². The Bertz CT molecular complexity index is 372. The lowest BCUT2D eigenvalue weighted by Gasteiger charge is -2.20. The molecule has 0 amide bonds. The van der Waals surface area contributed by atoms with Crippen LogP contribution in [0, 0.1) is 0 Å². The van der Waals surface area contributed by atoms with Crippen LogP contribution in [0.4, 0.5) is 18.9 Å². The van der Waals surface area contributed by atoms with Gasteiger partial charge in [-0.3, -0.25) is 0 Å². The van der Waals surface area contributed by atoms with Gasteiger partial charge in [0, 0.05) is 25.3 Å². The van der Waals surface area contributed by atoms with Crippen LogP contribution < -0.4 is 4.90 Å². The van der Waals surface area contributed by atoms with Crippen LogP contribution in [-0.4, -0.2) is 19.2 Å². The van der Waals surface area contributed by atoms with Gasteiger partial charge in [0.1, 0.15) is 0 Å². The molecule has 5 heteroatoms. The largest absolute Gasteiger partial charge is 0.416 e. The Morgan fingerprint density at radius 2 is 1.81 bits per heavy atom. The van der Waals surface area contributed by atoms with Gasteiger partial charge in [-0.15, -0.1) is 0 Å². The van der Waals surface area contributed by atoms with Crippen molar-refractivity contribution in [2.75, 3.05) is 19.0 Å². The van der Waals surface area contributed by atoms with E-state index < -0.39 is 17.8 Å². The van der Waals surface area contributed by atoms with Gasteiger partial charge in [-0.05, 0) is 25.1 Å². The molecule has 1 N–H and O–H groups in total. The molecule has 16 heavy (non-hydrogen) atoms. The van der Waals surface area contributed by atoms with Crippen molar-refractivity contribution in [2.24, 2.45) is 0 Å². The molecule has 1 aromatic carbocycles. The van der Waals surface area contributed by atoms with Crippen LogP contribution in [0.2, 0.25) is 0 Å². The zero-order valence-electron chi connectivity index (χ0n) is 9.34. The number of aliphatic hydroxyl groups is 1. The van der Waals surface area contributed by atoms with Gasteiger partial charge in [-0.1, -0.05) is 0 Å². The number of anilines is 1. The van der Waals surface area contributed by atoms with E-state index in [1.807, 2.05) is 0 Å². The van der Waals surface area contributed by atoms with Crippen LogP contribution in [0.5, 0.6) is 0 Å². The number of halogens is 3. The van der Waals surface area contributed by atoms with E-state index in [-0.39, 0.29) is 5.56 Å². The zero-order valence-corrected chi connectivity index (χ0v) is 9.34. The summed E-state index contributed by atoms with van der Waals surface area (Å²) in [6, 6.07) is 3.37. The summed E-state index contributed by atoms with van der Waals surface area (Å²) in [6.45, 7) is 1.45. The smallest absolute Gasteiger partial charge is 0.389 e. The van der Waals surface area contributed by atoms with Crippen molar-refractivity contribution < 1.29 is 18.3 Å². The third kappa shape index (κ3) is 2.66. The lowest BCUT2D eigenvalue weighted by Crippen LogP contribution is -2.14.